The molecular formula is C14H17ClFNO3S. The molecule has 1 N–H and O–H groups in total. The predicted molar refractivity (Wildman–Crippen MR) is 79.3 cm³/mol. The first-order valence-electron chi connectivity index (χ1n) is 6.90. The quantitative estimate of drug-likeness (QED) is 0.836. The molecule has 7 heteroatoms. The molecule has 1 aromatic rings. The number of carbonyl (C=O) groups excluding carboxylic acids is 1. The molecule has 1 saturated carbocycles. The molecule has 1 aliphatic rings. The maximum atomic E-state index is 13.6. The van der Waals surface area contributed by atoms with Gasteiger partial charge in [-0.1, -0.05) is 25.7 Å². The summed E-state index contributed by atoms with van der Waals surface area (Å²) in [4.78, 5) is 11.2. The fourth-order valence-corrected chi connectivity index (χ4v) is 3.53. The van der Waals surface area contributed by atoms with Crippen LogP contribution >= 0.6 is 10.7 Å². The summed E-state index contributed by atoms with van der Waals surface area (Å²) in [5.41, 5.74) is 0.230. The molecule has 1 aromatic carbocycles. The lowest BCUT2D eigenvalue weighted by Gasteiger charge is -2.09. The first-order chi connectivity index (χ1) is 9.86. The fourth-order valence-electron chi connectivity index (χ4n) is 2.63. The number of carbonyl (C=O) groups is 1. The van der Waals surface area contributed by atoms with Crippen molar-refractivity contribution in [3.63, 3.8) is 0 Å². The van der Waals surface area contributed by atoms with Gasteiger partial charge in [-0.3, -0.25) is 4.79 Å². The molecule has 0 saturated heterocycles. The average Bonchev–Trinajstić information content (AvgIpc) is 2.88. The van der Waals surface area contributed by atoms with Crippen LogP contribution in [0.1, 0.15) is 38.5 Å². The largest absolute Gasteiger partial charge is 0.326 e. The molecule has 0 heterocycles. The number of hydrogen-bond acceptors (Lipinski definition) is 3. The molecule has 1 amide bonds. The highest BCUT2D eigenvalue weighted by Crippen LogP contribution is 2.28. The highest BCUT2D eigenvalue weighted by Gasteiger charge is 2.18. The van der Waals surface area contributed by atoms with E-state index in [0.717, 1.165) is 18.6 Å². The van der Waals surface area contributed by atoms with E-state index in [2.05, 4.69) is 5.32 Å². The van der Waals surface area contributed by atoms with Crippen molar-refractivity contribution in [1.29, 1.82) is 0 Å². The van der Waals surface area contributed by atoms with Crippen molar-refractivity contribution >= 4 is 31.3 Å². The molecule has 1 aliphatic carbocycles. The molecule has 1 fully saturated rings. The summed E-state index contributed by atoms with van der Waals surface area (Å²) in [6.45, 7) is 0. The van der Waals surface area contributed by atoms with Crippen molar-refractivity contribution in [2.45, 2.75) is 43.4 Å². The minimum Gasteiger partial charge on any atom is -0.326 e. The van der Waals surface area contributed by atoms with Gasteiger partial charge in [-0.25, -0.2) is 12.8 Å². The van der Waals surface area contributed by atoms with E-state index in [4.69, 9.17) is 10.7 Å². The summed E-state index contributed by atoms with van der Waals surface area (Å²) >= 11 is 0. The Morgan fingerprint density at radius 3 is 2.57 bits per heavy atom. The third kappa shape index (κ3) is 4.68. The van der Waals surface area contributed by atoms with Crippen molar-refractivity contribution in [3.8, 4) is 0 Å². The molecule has 0 aliphatic heterocycles. The van der Waals surface area contributed by atoms with E-state index in [9.17, 15) is 17.6 Å². The number of rotatable bonds is 5. The Morgan fingerprint density at radius 2 is 2.00 bits per heavy atom. The van der Waals surface area contributed by atoms with Gasteiger partial charge in [0.05, 0.1) is 0 Å². The molecular weight excluding hydrogens is 317 g/mol. The molecule has 4 nitrogen and oxygen atoms in total. The van der Waals surface area contributed by atoms with Crippen LogP contribution in [0, 0.1) is 11.7 Å². The van der Waals surface area contributed by atoms with Crippen LogP contribution in [-0.4, -0.2) is 14.3 Å². The molecule has 0 aromatic heterocycles. The van der Waals surface area contributed by atoms with Gasteiger partial charge in [0, 0.05) is 22.8 Å². The van der Waals surface area contributed by atoms with Crippen LogP contribution in [0.25, 0.3) is 0 Å². The number of benzene rings is 1. The van der Waals surface area contributed by atoms with Crippen LogP contribution < -0.4 is 5.32 Å². The SMILES string of the molecule is O=C(CCC1CCCC1)Nc1ccc(S(=O)(=O)Cl)c(F)c1. The first-order valence-corrected chi connectivity index (χ1v) is 9.21. The Morgan fingerprint density at radius 1 is 1.33 bits per heavy atom. The van der Waals surface area contributed by atoms with E-state index in [0.29, 0.717) is 12.3 Å². The van der Waals surface area contributed by atoms with Crippen molar-refractivity contribution in [2.75, 3.05) is 5.32 Å². The lowest BCUT2D eigenvalue weighted by molar-refractivity contribution is -0.116. The number of hydrogen-bond donors (Lipinski definition) is 1. The summed E-state index contributed by atoms with van der Waals surface area (Å²) in [5, 5.41) is 2.57. The van der Waals surface area contributed by atoms with Crippen molar-refractivity contribution in [2.24, 2.45) is 5.92 Å². The summed E-state index contributed by atoms with van der Waals surface area (Å²) in [6, 6.07) is 3.33. The molecule has 0 atom stereocenters. The van der Waals surface area contributed by atoms with E-state index in [1.807, 2.05) is 0 Å². The van der Waals surface area contributed by atoms with E-state index < -0.39 is 19.8 Å². The second-order valence-electron chi connectivity index (χ2n) is 5.32. The average molecular weight is 334 g/mol. The number of halogens is 2. The monoisotopic (exact) mass is 333 g/mol. The van der Waals surface area contributed by atoms with Crippen LogP contribution in [-0.2, 0) is 13.8 Å². The second kappa shape index (κ2) is 6.75. The van der Waals surface area contributed by atoms with Crippen LogP contribution in [0.15, 0.2) is 23.1 Å². The van der Waals surface area contributed by atoms with Gasteiger partial charge in [0.15, 0.2) is 0 Å². The third-order valence-electron chi connectivity index (χ3n) is 3.73. The normalized spacial score (nSPS) is 16.1. The maximum Gasteiger partial charge on any atom is 0.264 e. The fraction of sp³-hybridized carbons (Fsp3) is 0.500. The predicted octanol–water partition coefficient (Wildman–Crippen LogP) is 3.66. The Kier molecular flexibility index (Phi) is 5.22. The van der Waals surface area contributed by atoms with Gasteiger partial charge in [-0.15, -0.1) is 0 Å². The van der Waals surface area contributed by atoms with Crippen molar-refractivity contribution in [3.05, 3.63) is 24.0 Å². The van der Waals surface area contributed by atoms with Crippen LogP contribution in [0.3, 0.4) is 0 Å². The Labute approximate surface area is 128 Å². The maximum absolute atomic E-state index is 13.6. The molecule has 0 bridgehead atoms. The zero-order valence-electron chi connectivity index (χ0n) is 11.4. The molecule has 0 spiro atoms. The topological polar surface area (TPSA) is 63.2 Å². The molecule has 0 unspecified atom stereocenters. The van der Waals surface area contributed by atoms with E-state index in [1.54, 1.807) is 0 Å². The summed E-state index contributed by atoms with van der Waals surface area (Å²) in [7, 11) is 0.974. The van der Waals surface area contributed by atoms with Gasteiger partial charge in [0.2, 0.25) is 5.91 Å². The lowest BCUT2D eigenvalue weighted by atomic mass is 10.0. The van der Waals surface area contributed by atoms with Gasteiger partial charge >= 0.3 is 0 Å². The minimum atomic E-state index is -4.12. The molecule has 21 heavy (non-hydrogen) atoms. The number of amides is 1. The van der Waals surface area contributed by atoms with Crippen LogP contribution in [0.4, 0.5) is 10.1 Å². The van der Waals surface area contributed by atoms with Crippen LogP contribution in [0.2, 0.25) is 0 Å². The minimum absolute atomic E-state index is 0.192. The Balaban J connectivity index is 1.93. The molecule has 116 valence electrons. The van der Waals surface area contributed by atoms with Crippen molar-refractivity contribution < 1.29 is 17.6 Å². The van der Waals surface area contributed by atoms with Crippen LogP contribution in [0.5, 0.6) is 0 Å². The smallest absolute Gasteiger partial charge is 0.264 e. The van der Waals surface area contributed by atoms with E-state index in [1.165, 1.54) is 31.7 Å². The van der Waals surface area contributed by atoms with Gasteiger partial charge in [0.25, 0.3) is 9.05 Å². The lowest BCUT2D eigenvalue weighted by Crippen LogP contribution is -2.13. The zero-order chi connectivity index (χ0) is 15.5. The van der Waals surface area contributed by atoms with E-state index in [-0.39, 0.29) is 11.6 Å². The Bertz CT molecular complexity index is 627. The summed E-state index contributed by atoms with van der Waals surface area (Å²) in [5.74, 6) is -0.558. The molecule has 2 rings (SSSR count). The van der Waals surface area contributed by atoms with Crippen molar-refractivity contribution in [1.82, 2.24) is 0 Å². The highest BCUT2D eigenvalue weighted by molar-refractivity contribution is 8.13. The molecule has 0 radical (unpaired) electrons. The van der Waals surface area contributed by atoms with Gasteiger partial charge in [-0.2, -0.15) is 0 Å². The summed E-state index contributed by atoms with van der Waals surface area (Å²) < 4.78 is 35.8. The van der Waals surface area contributed by atoms with Gasteiger partial charge < -0.3 is 5.32 Å². The highest BCUT2D eigenvalue weighted by atomic mass is 35.7. The zero-order valence-corrected chi connectivity index (χ0v) is 13.0. The Hall–Kier alpha value is -1.14. The van der Waals surface area contributed by atoms with Gasteiger partial charge in [0.1, 0.15) is 10.7 Å². The number of nitrogens with one attached hydrogen (secondary N) is 1. The third-order valence-corrected chi connectivity index (χ3v) is 5.09. The van der Waals surface area contributed by atoms with Gasteiger partial charge in [-0.05, 0) is 30.5 Å². The first kappa shape index (κ1) is 16.2. The number of anilines is 1. The summed E-state index contributed by atoms with van der Waals surface area (Å²) in [6.07, 6.45) is 6.02. The second-order valence-corrected chi connectivity index (χ2v) is 7.85. The standard InChI is InChI=1S/C14H17ClFNO3S/c15-21(19,20)13-7-6-11(9-12(13)16)17-14(18)8-5-10-3-1-2-4-10/h6-7,9-10H,1-5,8H2,(H,17,18). The van der Waals surface area contributed by atoms with E-state index >= 15 is 0 Å².